The van der Waals surface area contributed by atoms with Crippen molar-refractivity contribution in [3.05, 3.63) is 42.2 Å². The van der Waals surface area contributed by atoms with Crippen molar-refractivity contribution < 1.29 is 8.42 Å². The van der Waals surface area contributed by atoms with Gasteiger partial charge in [0, 0.05) is 0 Å². The number of nitrogens with zero attached hydrogens (tertiary/aromatic N) is 3. The SMILES string of the molecule is CC(C)(C)Cc1cnnn1S(=O)(=O)c1ccccc1. The van der Waals surface area contributed by atoms with E-state index in [0.717, 1.165) is 4.09 Å². The molecule has 102 valence electrons. The first-order valence-electron chi connectivity index (χ1n) is 6.01. The summed E-state index contributed by atoms with van der Waals surface area (Å²) in [5, 5.41) is 7.46. The van der Waals surface area contributed by atoms with Crippen LogP contribution in [0.15, 0.2) is 41.4 Å². The van der Waals surface area contributed by atoms with Crippen LogP contribution < -0.4 is 0 Å². The van der Waals surface area contributed by atoms with Gasteiger partial charge < -0.3 is 0 Å². The molecule has 0 unspecified atom stereocenters. The van der Waals surface area contributed by atoms with Crippen molar-refractivity contribution in [2.75, 3.05) is 0 Å². The van der Waals surface area contributed by atoms with E-state index in [1.54, 1.807) is 30.3 Å². The topological polar surface area (TPSA) is 64.8 Å². The van der Waals surface area contributed by atoms with Crippen LogP contribution in [0.3, 0.4) is 0 Å². The minimum Gasteiger partial charge on any atom is -0.199 e. The van der Waals surface area contributed by atoms with Gasteiger partial charge in [-0.2, -0.15) is 8.42 Å². The second kappa shape index (κ2) is 4.77. The standard InChI is InChI=1S/C13H17N3O2S/c1-13(2,3)9-11-10-14-15-16(11)19(17,18)12-7-5-4-6-8-12/h4-8,10H,9H2,1-3H3. The van der Waals surface area contributed by atoms with Gasteiger partial charge in [0.05, 0.1) is 16.8 Å². The third-order valence-corrected chi connectivity index (χ3v) is 4.20. The molecule has 0 saturated carbocycles. The van der Waals surface area contributed by atoms with E-state index in [1.165, 1.54) is 6.20 Å². The molecule has 1 aromatic heterocycles. The van der Waals surface area contributed by atoms with Gasteiger partial charge in [0.25, 0.3) is 10.0 Å². The fourth-order valence-corrected chi connectivity index (χ4v) is 3.06. The van der Waals surface area contributed by atoms with Crippen molar-refractivity contribution in [3.8, 4) is 0 Å². The van der Waals surface area contributed by atoms with Gasteiger partial charge in [0.1, 0.15) is 0 Å². The molecular weight excluding hydrogens is 262 g/mol. The number of benzene rings is 1. The van der Waals surface area contributed by atoms with Gasteiger partial charge in [-0.3, -0.25) is 0 Å². The fraction of sp³-hybridized carbons (Fsp3) is 0.385. The number of aromatic nitrogens is 3. The third kappa shape index (κ3) is 3.01. The molecule has 5 nitrogen and oxygen atoms in total. The predicted octanol–water partition coefficient (Wildman–Crippen LogP) is 2.10. The maximum Gasteiger partial charge on any atom is 0.284 e. The molecule has 0 spiro atoms. The van der Waals surface area contributed by atoms with Crippen LogP contribution in [-0.4, -0.2) is 22.8 Å². The van der Waals surface area contributed by atoms with Crippen LogP contribution in [0.4, 0.5) is 0 Å². The van der Waals surface area contributed by atoms with Gasteiger partial charge in [-0.15, -0.1) is 9.19 Å². The Kier molecular flexibility index (Phi) is 3.45. The van der Waals surface area contributed by atoms with Gasteiger partial charge in [0.2, 0.25) is 0 Å². The summed E-state index contributed by atoms with van der Waals surface area (Å²) in [5.41, 5.74) is 0.558. The number of rotatable bonds is 3. The van der Waals surface area contributed by atoms with Crippen LogP contribution in [-0.2, 0) is 16.4 Å². The summed E-state index contributed by atoms with van der Waals surface area (Å²) in [6, 6.07) is 8.26. The van der Waals surface area contributed by atoms with Crippen LogP contribution in [0.5, 0.6) is 0 Å². The third-order valence-electron chi connectivity index (χ3n) is 2.57. The summed E-state index contributed by atoms with van der Waals surface area (Å²) >= 11 is 0. The molecule has 0 bridgehead atoms. The van der Waals surface area contributed by atoms with Gasteiger partial charge in [-0.05, 0) is 24.0 Å². The Hall–Kier alpha value is -1.69. The van der Waals surface area contributed by atoms with Crippen LogP contribution in [0.25, 0.3) is 0 Å². The predicted molar refractivity (Wildman–Crippen MR) is 72.2 cm³/mol. The molecule has 6 heteroatoms. The monoisotopic (exact) mass is 279 g/mol. The van der Waals surface area contributed by atoms with Crippen molar-refractivity contribution >= 4 is 10.0 Å². The van der Waals surface area contributed by atoms with Crippen molar-refractivity contribution in [2.24, 2.45) is 5.41 Å². The highest BCUT2D eigenvalue weighted by atomic mass is 32.2. The zero-order valence-electron chi connectivity index (χ0n) is 11.2. The Morgan fingerprint density at radius 3 is 2.37 bits per heavy atom. The lowest BCUT2D eigenvalue weighted by atomic mass is 9.91. The van der Waals surface area contributed by atoms with E-state index in [0.29, 0.717) is 12.1 Å². The molecule has 1 heterocycles. The molecule has 0 fully saturated rings. The molecule has 0 atom stereocenters. The first kappa shape index (κ1) is 13.7. The summed E-state index contributed by atoms with van der Waals surface area (Å²) in [5.74, 6) is 0. The zero-order chi connectivity index (χ0) is 14.1. The van der Waals surface area contributed by atoms with Gasteiger partial charge in [0.15, 0.2) is 0 Å². The van der Waals surface area contributed by atoms with E-state index < -0.39 is 10.0 Å². The van der Waals surface area contributed by atoms with E-state index in [9.17, 15) is 8.42 Å². The van der Waals surface area contributed by atoms with Gasteiger partial charge in [-0.25, -0.2) is 0 Å². The molecule has 0 aliphatic heterocycles. The Morgan fingerprint density at radius 2 is 1.79 bits per heavy atom. The second-order valence-electron chi connectivity index (χ2n) is 5.62. The van der Waals surface area contributed by atoms with Crippen LogP contribution in [0.1, 0.15) is 26.5 Å². The molecule has 0 radical (unpaired) electrons. The number of hydrogen-bond acceptors (Lipinski definition) is 4. The van der Waals surface area contributed by atoms with Crippen molar-refractivity contribution in [1.82, 2.24) is 14.4 Å². The number of hydrogen-bond donors (Lipinski definition) is 0. The van der Waals surface area contributed by atoms with E-state index in [1.807, 2.05) is 20.8 Å². The molecule has 19 heavy (non-hydrogen) atoms. The Labute approximate surface area is 113 Å². The lowest BCUT2D eigenvalue weighted by molar-refractivity contribution is 0.403. The summed E-state index contributed by atoms with van der Waals surface area (Å²) in [7, 11) is -3.66. The van der Waals surface area contributed by atoms with E-state index >= 15 is 0 Å². The van der Waals surface area contributed by atoms with E-state index in [2.05, 4.69) is 10.3 Å². The minimum atomic E-state index is -3.66. The second-order valence-corrected chi connectivity index (χ2v) is 7.39. The molecule has 0 aliphatic rings. The molecule has 2 rings (SSSR count). The Bertz CT molecular complexity index is 655. The summed E-state index contributed by atoms with van der Waals surface area (Å²) < 4.78 is 25.9. The Balaban J connectivity index is 2.46. The fourth-order valence-electron chi connectivity index (χ4n) is 1.80. The van der Waals surface area contributed by atoms with Crippen molar-refractivity contribution in [3.63, 3.8) is 0 Å². The highest BCUT2D eigenvalue weighted by molar-refractivity contribution is 7.89. The summed E-state index contributed by atoms with van der Waals surface area (Å²) in [6.45, 7) is 6.12. The Morgan fingerprint density at radius 1 is 1.16 bits per heavy atom. The first-order chi connectivity index (χ1) is 8.81. The maximum atomic E-state index is 12.5. The first-order valence-corrected chi connectivity index (χ1v) is 7.45. The van der Waals surface area contributed by atoms with Crippen LogP contribution in [0.2, 0.25) is 0 Å². The largest absolute Gasteiger partial charge is 0.284 e. The van der Waals surface area contributed by atoms with Crippen molar-refractivity contribution in [2.45, 2.75) is 32.1 Å². The molecule has 0 N–H and O–H groups in total. The average molecular weight is 279 g/mol. The molecule has 1 aromatic carbocycles. The minimum absolute atomic E-state index is 0.0360. The molecular formula is C13H17N3O2S. The van der Waals surface area contributed by atoms with Crippen LogP contribution >= 0.6 is 0 Å². The highest BCUT2D eigenvalue weighted by Crippen LogP contribution is 2.22. The molecule has 0 aliphatic carbocycles. The lowest BCUT2D eigenvalue weighted by Crippen LogP contribution is -2.20. The van der Waals surface area contributed by atoms with Gasteiger partial charge in [-0.1, -0.05) is 44.2 Å². The average Bonchev–Trinajstić information content (AvgIpc) is 2.76. The molecule has 0 saturated heterocycles. The van der Waals surface area contributed by atoms with Crippen LogP contribution in [0, 0.1) is 5.41 Å². The van der Waals surface area contributed by atoms with E-state index in [-0.39, 0.29) is 10.3 Å². The normalized spacial score (nSPS) is 12.6. The maximum absolute atomic E-state index is 12.5. The molecule has 2 aromatic rings. The van der Waals surface area contributed by atoms with Gasteiger partial charge >= 0.3 is 0 Å². The summed E-state index contributed by atoms with van der Waals surface area (Å²) in [6.07, 6.45) is 2.10. The summed E-state index contributed by atoms with van der Waals surface area (Å²) in [4.78, 5) is 0.218. The lowest BCUT2D eigenvalue weighted by Gasteiger charge is -2.18. The highest BCUT2D eigenvalue weighted by Gasteiger charge is 2.24. The van der Waals surface area contributed by atoms with Crippen molar-refractivity contribution in [1.29, 1.82) is 0 Å². The smallest absolute Gasteiger partial charge is 0.199 e. The molecule has 0 amide bonds. The van der Waals surface area contributed by atoms with E-state index in [4.69, 9.17) is 0 Å². The quantitative estimate of drug-likeness (QED) is 0.863. The zero-order valence-corrected chi connectivity index (χ0v) is 12.1.